The summed E-state index contributed by atoms with van der Waals surface area (Å²) in [7, 11) is 0. The SMILES string of the molecule is CC12CCC(CCCCCCCCCCCCCCCCO)=CC1Oc1ccccc1C2. The van der Waals surface area contributed by atoms with E-state index in [0.717, 1.165) is 18.6 Å². The van der Waals surface area contributed by atoms with Crippen LogP contribution in [0.1, 0.15) is 122 Å². The van der Waals surface area contributed by atoms with E-state index in [0.29, 0.717) is 6.61 Å². The fraction of sp³-hybridized carbons (Fsp3) is 0.733. The van der Waals surface area contributed by atoms with E-state index in [-0.39, 0.29) is 11.5 Å². The van der Waals surface area contributed by atoms with E-state index in [4.69, 9.17) is 9.84 Å². The maximum Gasteiger partial charge on any atom is 0.123 e. The number of ether oxygens (including phenoxy) is 1. The zero-order valence-corrected chi connectivity index (χ0v) is 20.8. The minimum atomic E-state index is 0.265. The van der Waals surface area contributed by atoms with Crippen LogP contribution in [0.2, 0.25) is 0 Å². The van der Waals surface area contributed by atoms with E-state index >= 15 is 0 Å². The van der Waals surface area contributed by atoms with E-state index < -0.39 is 0 Å². The molecule has 180 valence electrons. The van der Waals surface area contributed by atoms with Crippen LogP contribution in [0.25, 0.3) is 0 Å². The van der Waals surface area contributed by atoms with E-state index in [1.165, 1.54) is 108 Å². The Balaban J connectivity index is 1.19. The van der Waals surface area contributed by atoms with Crippen molar-refractivity contribution in [3.8, 4) is 5.75 Å². The molecule has 0 saturated heterocycles. The van der Waals surface area contributed by atoms with E-state index in [2.05, 4.69) is 37.3 Å². The van der Waals surface area contributed by atoms with Gasteiger partial charge in [0.1, 0.15) is 11.9 Å². The fourth-order valence-corrected chi connectivity index (χ4v) is 5.58. The molecule has 1 aromatic carbocycles. The van der Waals surface area contributed by atoms with E-state index in [9.17, 15) is 0 Å². The number of hydrogen-bond donors (Lipinski definition) is 1. The summed E-state index contributed by atoms with van der Waals surface area (Å²) in [5.74, 6) is 1.10. The molecule has 1 N–H and O–H groups in total. The second kappa shape index (κ2) is 14.1. The summed E-state index contributed by atoms with van der Waals surface area (Å²) >= 11 is 0. The molecule has 1 aliphatic carbocycles. The predicted octanol–water partition coefficient (Wildman–Crippen LogP) is 8.56. The Morgan fingerprint density at radius 3 is 2.00 bits per heavy atom. The first-order valence-electron chi connectivity index (χ1n) is 13.8. The van der Waals surface area contributed by atoms with Crippen LogP contribution in [0.4, 0.5) is 0 Å². The maximum atomic E-state index is 8.78. The molecule has 2 heteroatoms. The molecule has 0 aromatic heterocycles. The van der Waals surface area contributed by atoms with E-state index in [1.54, 1.807) is 5.57 Å². The lowest BCUT2D eigenvalue weighted by Crippen LogP contribution is -2.43. The third-order valence-corrected chi connectivity index (χ3v) is 7.82. The van der Waals surface area contributed by atoms with Gasteiger partial charge in [-0.2, -0.15) is 0 Å². The van der Waals surface area contributed by atoms with Crippen molar-refractivity contribution >= 4 is 0 Å². The van der Waals surface area contributed by atoms with Gasteiger partial charge in [-0.15, -0.1) is 0 Å². The standard InChI is InChI=1S/C30H48O2/c1-30-22-21-26(24-29(30)32-28-20-16-15-19-27(28)25-30)18-14-12-10-8-6-4-2-3-5-7-9-11-13-17-23-31/h15-16,19-20,24,29,31H,2-14,17-18,21-23,25H2,1H3. The molecule has 0 spiro atoms. The smallest absolute Gasteiger partial charge is 0.123 e. The first-order chi connectivity index (χ1) is 15.7. The van der Waals surface area contributed by atoms with Crippen LogP contribution in [0.15, 0.2) is 35.9 Å². The number of benzene rings is 1. The number of para-hydroxylation sites is 1. The molecule has 2 unspecified atom stereocenters. The number of aliphatic hydroxyl groups is 1. The molecule has 0 fully saturated rings. The van der Waals surface area contributed by atoms with E-state index in [1.807, 2.05) is 0 Å². The molecular weight excluding hydrogens is 392 g/mol. The van der Waals surface area contributed by atoms with Crippen molar-refractivity contribution in [1.82, 2.24) is 0 Å². The summed E-state index contributed by atoms with van der Waals surface area (Å²) in [6, 6.07) is 8.61. The number of hydrogen-bond acceptors (Lipinski definition) is 2. The highest BCUT2D eigenvalue weighted by Gasteiger charge is 2.41. The number of aliphatic hydroxyl groups excluding tert-OH is 1. The lowest BCUT2D eigenvalue weighted by molar-refractivity contribution is 0.0598. The van der Waals surface area contributed by atoms with Gasteiger partial charge >= 0.3 is 0 Å². The predicted molar refractivity (Wildman–Crippen MR) is 136 cm³/mol. The summed E-state index contributed by atoms with van der Waals surface area (Å²) in [4.78, 5) is 0. The van der Waals surface area contributed by atoms with Crippen molar-refractivity contribution in [1.29, 1.82) is 0 Å². The number of allylic oxidation sites excluding steroid dienone is 1. The number of rotatable bonds is 16. The lowest BCUT2D eigenvalue weighted by Gasteiger charge is -2.44. The first-order valence-corrected chi connectivity index (χ1v) is 13.8. The molecule has 2 aliphatic rings. The second-order valence-electron chi connectivity index (χ2n) is 10.7. The van der Waals surface area contributed by atoms with Crippen molar-refractivity contribution in [3.05, 3.63) is 41.5 Å². The van der Waals surface area contributed by atoms with Gasteiger partial charge in [0.25, 0.3) is 0 Å². The minimum Gasteiger partial charge on any atom is -0.485 e. The van der Waals surface area contributed by atoms with Crippen LogP contribution in [0.3, 0.4) is 0 Å². The van der Waals surface area contributed by atoms with Crippen molar-refractivity contribution in [2.24, 2.45) is 5.41 Å². The fourth-order valence-electron chi connectivity index (χ4n) is 5.58. The molecule has 2 atom stereocenters. The van der Waals surface area contributed by atoms with Gasteiger partial charge in [0, 0.05) is 12.0 Å². The average Bonchev–Trinajstić information content (AvgIpc) is 2.80. The van der Waals surface area contributed by atoms with Gasteiger partial charge in [0.2, 0.25) is 0 Å². The van der Waals surface area contributed by atoms with Crippen LogP contribution in [0.5, 0.6) is 5.75 Å². The molecule has 0 amide bonds. The zero-order chi connectivity index (χ0) is 22.5. The molecule has 0 radical (unpaired) electrons. The van der Waals surface area contributed by atoms with Crippen LogP contribution < -0.4 is 4.74 Å². The molecule has 1 heterocycles. The van der Waals surface area contributed by atoms with Crippen LogP contribution in [-0.4, -0.2) is 17.8 Å². The minimum absolute atomic E-state index is 0.265. The molecule has 0 saturated carbocycles. The first kappa shape index (κ1) is 25.3. The number of fused-ring (bicyclic) bond motifs is 2. The molecule has 1 aliphatic heterocycles. The van der Waals surface area contributed by atoms with Crippen molar-refractivity contribution < 1.29 is 9.84 Å². The van der Waals surface area contributed by atoms with Crippen LogP contribution in [-0.2, 0) is 6.42 Å². The summed E-state index contributed by atoms with van der Waals surface area (Å²) in [5.41, 5.74) is 3.30. The third kappa shape index (κ3) is 8.25. The quantitative estimate of drug-likeness (QED) is 0.206. The Bertz CT molecular complexity index is 679. The summed E-state index contributed by atoms with van der Waals surface area (Å²) < 4.78 is 6.41. The molecule has 2 nitrogen and oxygen atoms in total. The topological polar surface area (TPSA) is 29.5 Å². The summed E-state index contributed by atoms with van der Waals surface area (Å²) in [6.45, 7) is 2.78. The largest absolute Gasteiger partial charge is 0.485 e. The monoisotopic (exact) mass is 440 g/mol. The van der Waals surface area contributed by atoms with Gasteiger partial charge in [0.15, 0.2) is 0 Å². The van der Waals surface area contributed by atoms with Crippen LogP contribution in [0, 0.1) is 5.41 Å². The highest BCUT2D eigenvalue weighted by Crippen LogP contribution is 2.46. The third-order valence-electron chi connectivity index (χ3n) is 7.82. The summed E-state index contributed by atoms with van der Waals surface area (Å²) in [5, 5.41) is 8.78. The van der Waals surface area contributed by atoms with Crippen molar-refractivity contribution in [3.63, 3.8) is 0 Å². The van der Waals surface area contributed by atoms with Gasteiger partial charge < -0.3 is 9.84 Å². The Labute approximate surface area is 197 Å². The Kier molecular flexibility index (Phi) is 11.2. The Hall–Kier alpha value is -1.28. The maximum absolute atomic E-state index is 8.78. The highest BCUT2D eigenvalue weighted by molar-refractivity contribution is 5.38. The molecular formula is C30H48O2. The van der Waals surface area contributed by atoms with Gasteiger partial charge in [-0.05, 0) is 56.2 Å². The Morgan fingerprint density at radius 1 is 0.812 bits per heavy atom. The van der Waals surface area contributed by atoms with Crippen molar-refractivity contribution in [2.45, 2.75) is 129 Å². The normalized spacial score (nSPS) is 22.1. The van der Waals surface area contributed by atoms with Crippen molar-refractivity contribution in [2.75, 3.05) is 6.61 Å². The van der Waals surface area contributed by atoms with Gasteiger partial charge in [-0.1, -0.05) is 108 Å². The molecule has 32 heavy (non-hydrogen) atoms. The second-order valence-corrected chi connectivity index (χ2v) is 10.7. The highest BCUT2D eigenvalue weighted by atomic mass is 16.5. The molecule has 0 bridgehead atoms. The lowest BCUT2D eigenvalue weighted by atomic mass is 9.69. The van der Waals surface area contributed by atoms with Gasteiger partial charge in [-0.25, -0.2) is 0 Å². The zero-order valence-electron chi connectivity index (χ0n) is 20.8. The van der Waals surface area contributed by atoms with Crippen LogP contribution >= 0.6 is 0 Å². The van der Waals surface area contributed by atoms with Gasteiger partial charge in [0.05, 0.1) is 0 Å². The molecule has 1 aromatic rings. The van der Waals surface area contributed by atoms with Gasteiger partial charge in [-0.3, -0.25) is 0 Å². The summed E-state index contributed by atoms with van der Waals surface area (Å²) in [6.07, 6.45) is 26.6. The molecule has 3 rings (SSSR count). The Morgan fingerprint density at radius 2 is 1.38 bits per heavy atom. The number of unbranched alkanes of at least 4 members (excludes halogenated alkanes) is 13. The average molecular weight is 441 g/mol.